The minimum absolute atomic E-state index is 0.149. The molecule has 106 valence electrons. The molecule has 1 aromatic heterocycles. The summed E-state index contributed by atoms with van der Waals surface area (Å²) in [5, 5.41) is 1.89. The van der Waals surface area contributed by atoms with E-state index in [2.05, 4.69) is 0 Å². The highest BCUT2D eigenvalue weighted by molar-refractivity contribution is 7.10. The number of nitrogens with zero attached hydrogens (tertiary/aromatic N) is 1. The van der Waals surface area contributed by atoms with Gasteiger partial charge in [-0.25, -0.2) is 4.39 Å². The first-order valence-electron chi connectivity index (χ1n) is 6.32. The third-order valence-electron chi connectivity index (χ3n) is 3.40. The van der Waals surface area contributed by atoms with Crippen molar-refractivity contribution in [2.24, 2.45) is 5.73 Å². The molecule has 2 rings (SSSR count). The summed E-state index contributed by atoms with van der Waals surface area (Å²) < 4.78 is 12.9. The number of carbonyl (C=O) groups is 1. The smallest absolute Gasteiger partial charge is 0.245 e. The van der Waals surface area contributed by atoms with Crippen molar-refractivity contribution < 1.29 is 9.18 Å². The predicted octanol–water partition coefficient (Wildman–Crippen LogP) is 3.11. The lowest BCUT2D eigenvalue weighted by Crippen LogP contribution is -2.37. The van der Waals surface area contributed by atoms with Crippen LogP contribution in [0.3, 0.4) is 0 Å². The number of rotatable bonds is 4. The first-order valence-corrected chi connectivity index (χ1v) is 7.20. The normalized spacial score (nSPS) is 13.8. The van der Waals surface area contributed by atoms with Gasteiger partial charge in [0, 0.05) is 11.9 Å². The highest BCUT2D eigenvalue weighted by atomic mass is 32.1. The Morgan fingerprint density at radius 2 is 1.95 bits per heavy atom. The molecule has 5 heteroatoms. The summed E-state index contributed by atoms with van der Waals surface area (Å²) in [7, 11) is 1.71. The van der Waals surface area contributed by atoms with Crippen LogP contribution >= 0.6 is 11.3 Å². The van der Waals surface area contributed by atoms with Crippen molar-refractivity contribution in [3.8, 4) is 0 Å². The van der Waals surface area contributed by atoms with Crippen LogP contribution in [0.25, 0.3) is 0 Å². The average molecular weight is 292 g/mol. The highest BCUT2D eigenvalue weighted by Crippen LogP contribution is 2.24. The van der Waals surface area contributed by atoms with Crippen LogP contribution in [-0.4, -0.2) is 17.9 Å². The molecular weight excluding hydrogens is 275 g/mol. The molecule has 0 aliphatic rings. The molecule has 0 radical (unpaired) electrons. The summed E-state index contributed by atoms with van der Waals surface area (Å²) in [6.45, 7) is 1.90. The molecule has 1 aromatic carbocycles. The Morgan fingerprint density at radius 3 is 2.50 bits per heavy atom. The zero-order valence-electron chi connectivity index (χ0n) is 11.4. The topological polar surface area (TPSA) is 46.3 Å². The summed E-state index contributed by atoms with van der Waals surface area (Å²) in [5.41, 5.74) is 6.86. The third kappa shape index (κ3) is 3.05. The van der Waals surface area contributed by atoms with Crippen molar-refractivity contribution in [3.63, 3.8) is 0 Å². The predicted molar refractivity (Wildman–Crippen MR) is 78.8 cm³/mol. The number of carbonyl (C=O) groups excluding carboxylic acids is 1. The molecule has 0 fully saturated rings. The Balaban J connectivity index is 2.12. The Labute approximate surface area is 121 Å². The van der Waals surface area contributed by atoms with E-state index < -0.39 is 6.04 Å². The van der Waals surface area contributed by atoms with E-state index in [0.717, 1.165) is 10.4 Å². The minimum atomic E-state index is -0.650. The standard InChI is InChI=1S/C15H17FN2OS/c1-10(11-5-7-12(16)8-6-11)18(2)15(19)14(17)13-4-3-9-20-13/h3-10,14H,17H2,1-2H3. The number of benzene rings is 1. The summed E-state index contributed by atoms with van der Waals surface area (Å²) in [6.07, 6.45) is 0. The Morgan fingerprint density at radius 1 is 1.30 bits per heavy atom. The SMILES string of the molecule is CC(c1ccc(F)cc1)N(C)C(=O)C(N)c1cccs1. The van der Waals surface area contributed by atoms with Gasteiger partial charge < -0.3 is 10.6 Å². The molecule has 0 saturated heterocycles. The number of nitrogens with two attached hydrogens (primary N) is 1. The van der Waals surface area contributed by atoms with Gasteiger partial charge >= 0.3 is 0 Å². The lowest BCUT2D eigenvalue weighted by molar-refractivity contribution is -0.133. The fourth-order valence-electron chi connectivity index (χ4n) is 1.97. The monoisotopic (exact) mass is 292 g/mol. The lowest BCUT2D eigenvalue weighted by Gasteiger charge is -2.27. The van der Waals surface area contributed by atoms with Gasteiger partial charge in [0.2, 0.25) is 5.91 Å². The van der Waals surface area contributed by atoms with E-state index in [1.165, 1.54) is 23.5 Å². The van der Waals surface area contributed by atoms with Crippen LogP contribution in [0.4, 0.5) is 4.39 Å². The van der Waals surface area contributed by atoms with Crippen molar-refractivity contribution in [2.75, 3.05) is 7.05 Å². The molecule has 2 aromatic rings. The van der Waals surface area contributed by atoms with Gasteiger partial charge in [-0.2, -0.15) is 0 Å². The van der Waals surface area contributed by atoms with Crippen LogP contribution in [0.2, 0.25) is 0 Å². The van der Waals surface area contributed by atoms with Crippen molar-refractivity contribution in [1.29, 1.82) is 0 Å². The zero-order chi connectivity index (χ0) is 14.7. The fourth-order valence-corrected chi connectivity index (χ4v) is 2.68. The summed E-state index contributed by atoms with van der Waals surface area (Å²) in [6, 6.07) is 9.06. The molecule has 20 heavy (non-hydrogen) atoms. The van der Waals surface area contributed by atoms with Crippen molar-refractivity contribution >= 4 is 17.2 Å². The van der Waals surface area contributed by atoms with E-state index in [1.54, 1.807) is 24.1 Å². The number of hydrogen-bond acceptors (Lipinski definition) is 3. The maximum atomic E-state index is 12.9. The van der Waals surface area contributed by atoms with Crippen molar-refractivity contribution in [1.82, 2.24) is 4.90 Å². The molecule has 2 N–H and O–H groups in total. The van der Waals surface area contributed by atoms with Gasteiger partial charge in [-0.05, 0) is 36.1 Å². The van der Waals surface area contributed by atoms with E-state index in [4.69, 9.17) is 5.73 Å². The lowest BCUT2D eigenvalue weighted by atomic mass is 10.1. The molecule has 2 unspecified atom stereocenters. The molecule has 0 saturated carbocycles. The van der Waals surface area contributed by atoms with E-state index in [-0.39, 0.29) is 17.8 Å². The molecule has 1 amide bonds. The van der Waals surface area contributed by atoms with Crippen molar-refractivity contribution in [2.45, 2.75) is 19.0 Å². The highest BCUT2D eigenvalue weighted by Gasteiger charge is 2.24. The van der Waals surface area contributed by atoms with E-state index >= 15 is 0 Å². The van der Waals surface area contributed by atoms with E-state index in [0.29, 0.717) is 0 Å². The molecule has 2 atom stereocenters. The molecule has 1 heterocycles. The van der Waals surface area contributed by atoms with Gasteiger partial charge in [0.1, 0.15) is 11.9 Å². The van der Waals surface area contributed by atoms with E-state index in [1.807, 2.05) is 24.4 Å². The fraction of sp³-hybridized carbons (Fsp3) is 0.267. The summed E-state index contributed by atoms with van der Waals surface area (Å²) >= 11 is 1.46. The van der Waals surface area contributed by atoms with Gasteiger partial charge in [-0.15, -0.1) is 11.3 Å². The molecule has 0 aliphatic heterocycles. The van der Waals surface area contributed by atoms with Gasteiger partial charge in [-0.3, -0.25) is 4.79 Å². The van der Waals surface area contributed by atoms with Crippen molar-refractivity contribution in [3.05, 3.63) is 58.0 Å². The summed E-state index contributed by atoms with van der Waals surface area (Å²) in [5.74, 6) is -0.436. The Hall–Kier alpha value is -1.72. The minimum Gasteiger partial charge on any atom is -0.337 e. The summed E-state index contributed by atoms with van der Waals surface area (Å²) in [4.78, 5) is 14.8. The molecule has 3 nitrogen and oxygen atoms in total. The number of halogens is 1. The zero-order valence-corrected chi connectivity index (χ0v) is 12.2. The quantitative estimate of drug-likeness (QED) is 0.941. The Bertz CT molecular complexity index is 568. The molecule has 0 bridgehead atoms. The second kappa shape index (κ2) is 6.15. The number of likely N-dealkylation sites (N-methyl/N-ethyl adjacent to an activating group) is 1. The first-order chi connectivity index (χ1) is 9.50. The number of thiophene rings is 1. The van der Waals surface area contributed by atoms with Crippen LogP contribution in [0, 0.1) is 5.82 Å². The Kier molecular flexibility index (Phi) is 4.52. The van der Waals surface area contributed by atoms with Gasteiger partial charge in [0.15, 0.2) is 0 Å². The largest absolute Gasteiger partial charge is 0.337 e. The van der Waals surface area contributed by atoms with Crippen LogP contribution in [0.5, 0.6) is 0 Å². The average Bonchev–Trinajstić information content (AvgIpc) is 2.99. The van der Waals surface area contributed by atoms with Crippen LogP contribution in [-0.2, 0) is 4.79 Å². The van der Waals surface area contributed by atoms with E-state index in [9.17, 15) is 9.18 Å². The van der Waals surface area contributed by atoms with Crippen LogP contribution < -0.4 is 5.73 Å². The third-order valence-corrected chi connectivity index (χ3v) is 4.35. The van der Waals surface area contributed by atoms with Crippen LogP contribution in [0.15, 0.2) is 41.8 Å². The second-order valence-corrected chi connectivity index (χ2v) is 5.65. The molecular formula is C15H17FN2OS. The van der Waals surface area contributed by atoms with Gasteiger partial charge in [0.25, 0.3) is 0 Å². The first kappa shape index (κ1) is 14.7. The van der Waals surface area contributed by atoms with Crippen LogP contribution in [0.1, 0.15) is 29.4 Å². The number of hydrogen-bond donors (Lipinski definition) is 1. The molecule has 0 aliphatic carbocycles. The second-order valence-electron chi connectivity index (χ2n) is 4.67. The molecule has 0 spiro atoms. The number of amides is 1. The van der Waals surface area contributed by atoms with Gasteiger partial charge in [-0.1, -0.05) is 18.2 Å². The maximum Gasteiger partial charge on any atom is 0.245 e. The maximum absolute atomic E-state index is 12.9. The van der Waals surface area contributed by atoms with Gasteiger partial charge in [0.05, 0.1) is 6.04 Å².